The molecule has 1 amide bonds. The number of carbonyl (C=O) groups excluding carboxylic acids is 1. The molecule has 0 atom stereocenters. The Balaban J connectivity index is 1.80. The standard InChI is InChI=1S/C13H13FN2OS2/c14-11-6-9(15)3-4-12(11)19-8-13(17)16-7-10-2-1-5-18-10/h1-6H,7-8,15H2,(H,16,17). The summed E-state index contributed by atoms with van der Waals surface area (Å²) in [6, 6.07) is 8.35. The molecular weight excluding hydrogens is 283 g/mol. The highest BCUT2D eigenvalue weighted by atomic mass is 32.2. The number of hydrogen-bond donors (Lipinski definition) is 2. The van der Waals surface area contributed by atoms with Crippen molar-refractivity contribution in [3.05, 3.63) is 46.4 Å². The van der Waals surface area contributed by atoms with E-state index in [9.17, 15) is 9.18 Å². The average Bonchev–Trinajstić information content (AvgIpc) is 2.88. The van der Waals surface area contributed by atoms with E-state index in [-0.39, 0.29) is 11.7 Å². The molecule has 2 aromatic rings. The molecule has 3 N–H and O–H groups in total. The number of hydrogen-bond acceptors (Lipinski definition) is 4. The zero-order valence-corrected chi connectivity index (χ0v) is 11.7. The second-order valence-electron chi connectivity index (χ2n) is 3.83. The van der Waals surface area contributed by atoms with Gasteiger partial charge in [-0.05, 0) is 29.6 Å². The quantitative estimate of drug-likeness (QED) is 0.659. The highest BCUT2D eigenvalue weighted by Crippen LogP contribution is 2.23. The molecule has 0 spiro atoms. The van der Waals surface area contributed by atoms with Crippen molar-refractivity contribution in [2.24, 2.45) is 0 Å². The summed E-state index contributed by atoms with van der Waals surface area (Å²) in [4.78, 5) is 13.1. The fourth-order valence-corrected chi connectivity index (χ4v) is 2.82. The maximum absolute atomic E-state index is 13.5. The van der Waals surface area contributed by atoms with E-state index in [0.29, 0.717) is 17.1 Å². The van der Waals surface area contributed by atoms with Crippen LogP contribution in [0.3, 0.4) is 0 Å². The fourth-order valence-electron chi connectivity index (χ4n) is 1.43. The summed E-state index contributed by atoms with van der Waals surface area (Å²) < 4.78 is 13.5. The fraction of sp³-hybridized carbons (Fsp3) is 0.154. The molecule has 0 fully saturated rings. The second kappa shape index (κ2) is 6.58. The summed E-state index contributed by atoms with van der Waals surface area (Å²) in [6.07, 6.45) is 0. The Morgan fingerprint density at radius 2 is 2.26 bits per heavy atom. The lowest BCUT2D eigenvalue weighted by molar-refractivity contribution is -0.118. The minimum atomic E-state index is -0.393. The van der Waals surface area contributed by atoms with Crippen LogP contribution >= 0.6 is 23.1 Å². The van der Waals surface area contributed by atoms with Gasteiger partial charge in [0.1, 0.15) is 5.82 Å². The molecule has 0 radical (unpaired) electrons. The molecule has 0 bridgehead atoms. The minimum absolute atomic E-state index is 0.116. The van der Waals surface area contributed by atoms with Gasteiger partial charge in [-0.3, -0.25) is 4.79 Å². The van der Waals surface area contributed by atoms with E-state index in [1.54, 1.807) is 23.5 Å². The zero-order valence-electron chi connectivity index (χ0n) is 10.1. The summed E-state index contributed by atoms with van der Waals surface area (Å²) in [7, 11) is 0. The predicted octanol–water partition coefficient (Wildman–Crippen LogP) is 2.88. The lowest BCUT2D eigenvalue weighted by atomic mass is 10.3. The number of benzene rings is 1. The number of rotatable bonds is 5. The van der Waals surface area contributed by atoms with E-state index < -0.39 is 5.82 Å². The number of halogens is 1. The number of thioether (sulfide) groups is 1. The zero-order chi connectivity index (χ0) is 13.7. The van der Waals surface area contributed by atoms with Crippen LogP contribution < -0.4 is 11.1 Å². The average molecular weight is 296 g/mol. The van der Waals surface area contributed by atoms with Gasteiger partial charge in [-0.2, -0.15) is 0 Å². The van der Waals surface area contributed by atoms with Gasteiger partial charge in [-0.25, -0.2) is 4.39 Å². The lowest BCUT2D eigenvalue weighted by Gasteiger charge is -2.05. The summed E-state index contributed by atoms with van der Waals surface area (Å²) in [6.45, 7) is 0.515. The Morgan fingerprint density at radius 3 is 2.95 bits per heavy atom. The van der Waals surface area contributed by atoms with Crippen LogP contribution in [0.25, 0.3) is 0 Å². The summed E-state index contributed by atoms with van der Waals surface area (Å²) in [5.74, 6) is -0.322. The SMILES string of the molecule is Nc1ccc(SCC(=O)NCc2cccs2)c(F)c1. The number of nitrogens with two attached hydrogens (primary N) is 1. The summed E-state index contributed by atoms with van der Waals surface area (Å²) >= 11 is 2.75. The molecule has 19 heavy (non-hydrogen) atoms. The Morgan fingerprint density at radius 1 is 1.42 bits per heavy atom. The molecule has 0 aliphatic carbocycles. The first kappa shape index (κ1) is 13.9. The first-order valence-corrected chi connectivity index (χ1v) is 7.48. The summed E-state index contributed by atoms with van der Waals surface area (Å²) in [5.41, 5.74) is 5.84. The molecule has 1 aromatic heterocycles. The van der Waals surface area contributed by atoms with Crippen LogP contribution in [0.1, 0.15) is 4.88 Å². The van der Waals surface area contributed by atoms with Crippen LogP contribution in [-0.2, 0) is 11.3 Å². The maximum Gasteiger partial charge on any atom is 0.230 e. The molecule has 0 unspecified atom stereocenters. The van der Waals surface area contributed by atoms with Crippen LogP contribution in [0.15, 0.2) is 40.6 Å². The monoisotopic (exact) mass is 296 g/mol. The van der Waals surface area contributed by atoms with Crippen LogP contribution in [0.2, 0.25) is 0 Å². The van der Waals surface area contributed by atoms with Crippen LogP contribution in [0, 0.1) is 5.82 Å². The van der Waals surface area contributed by atoms with E-state index in [1.165, 1.54) is 6.07 Å². The van der Waals surface area contributed by atoms with Crippen LogP contribution in [0.5, 0.6) is 0 Å². The van der Waals surface area contributed by atoms with E-state index in [4.69, 9.17) is 5.73 Å². The Labute approximate surface area is 119 Å². The van der Waals surface area contributed by atoms with E-state index in [2.05, 4.69) is 5.32 Å². The van der Waals surface area contributed by atoms with E-state index >= 15 is 0 Å². The predicted molar refractivity (Wildman–Crippen MR) is 77.7 cm³/mol. The maximum atomic E-state index is 13.5. The molecule has 6 heteroatoms. The molecule has 1 heterocycles. The van der Waals surface area contributed by atoms with Gasteiger partial charge in [-0.15, -0.1) is 23.1 Å². The first-order valence-electron chi connectivity index (χ1n) is 5.62. The van der Waals surface area contributed by atoms with Crippen LogP contribution in [0.4, 0.5) is 10.1 Å². The minimum Gasteiger partial charge on any atom is -0.399 e. The molecule has 3 nitrogen and oxygen atoms in total. The topological polar surface area (TPSA) is 55.1 Å². The lowest BCUT2D eigenvalue weighted by Crippen LogP contribution is -2.24. The molecule has 0 aliphatic heterocycles. The number of nitrogens with one attached hydrogen (secondary N) is 1. The highest BCUT2D eigenvalue weighted by molar-refractivity contribution is 8.00. The molecule has 1 aromatic carbocycles. The van der Waals surface area contributed by atoms with Gasteiger partial charge < -0.3 is 11.1 Å². The molecule has 0 saturated carbocycles. The van der Waals surface area contributed by atoms with Crippen LogP contribution in [-0.4, -0.2) is 11.7 Å². The molecule has 2 rings (SSSR count). The smallest absolute Gasteiger partial charge is 0.230 e. The largest absolute Gasteiger partial charge is 0.399 e. The molecule has 0 saturated heterocycles. The summed E-state index contributed by atoms with van der Waals surface area (Å²) in [5, 5.41) is 4.75. The van der Waals surface area contributed by atoms with Gasteiger partial charge in [0.2, 0.25) is 5.91 Å². The van der Waals surface area contributed by atoms with Gasteiger partial charge >= 0.3 is 0 Å². The number of amides is 1. The third kappa shape index (κ3) is 4.25. The third-order valence-corrected chi connectivity index (χ3v) is 4.28. The van der Waals surface area contributed by atoms with Gasteiger partial charge in [0, 0.05) is 15.5 Å². The third-order valence-electron chi connectivity index (χ3n) is 2.35. The molecular formula is C13H13FN2OS2. The molecule has 0 aliphatic rings. The van der Waals surface area contributed by atoms with Crippen molar-refractivity contribution in [1.82, 2.24) is 5.32 Å². The van der Waals surface area contributed by atoms with E-state index in [0.717, 1.165) is 16.6 Å². The van der Waals surface area contributed by atoms with Gasteiger partial charge in [0.15, 0.2) is 0 Å². The van der Waals surface area contributed by atoms with Gasteiger partial charge in [-0.1, -0.05) is 6.07 Å². The normalized spacial score (nSPS) is 10.4. The number of thiophene rings is 1. The Bertz CT molecular complexity index is 558. The van der Waals surface area contributed by atoms with Crippen molar-refractivity contribution >= 4 is 34.7 Å². The Kier molecular flexibility index (Phi) is 4.81. The van der Waals surface area contributed by atoms with Crippen molar-refractivity contribution in [3.8, 4) is 0 Å². The van der Waals surface area contributed by atoms with Crippen molar-refractivity contribution in [2.75, 3.05) is 11.5 Å². The number of carbonyl (C=O) groups is 1. The van der Waals surface area contributed by atoms with Gasteiger partial charge in [0.05, 0.1) is 12.3 Å². The first-order chi connectivity index (χ1) is 9.15. The van der Waals surface area contributed by atoms with Crippen molar-refractivity contribution < 1.29 is 9.18 Å². The van der Waals surface area contributed by atoms with Gasteiger partial charge in [0.25, 0.3) is 0 Å². The number of nitrogen functional groups attached to an aromatic ring is 1. The van der Waals surface area contributed by atoms with Crippen molar-refractivity contribution in [2.45, 2.75) is 11.4 Å². The highest BCUT2D eigenvalue weighted by Gasteiger charge is 2.07. The van der Waals surface area contributed by atoms with Crippen molar-refractivity contribution in [3.63, 3.8) is 0 Å². The molecule has 100 valence electrons. The Hall–Kier alpha value is -1.53. The number of anilines is 1. The van der Waals surface area contributed by atoms with E-state index in [1.807, 2.05) is 17.5 Å². The van der Waals surface area contributed by atoms with Crippen molar-refractivity contribution in [1.29, 1.82) is 0 Å². The second-order valence-corrected chi connectivity index (χ2v) is 5.88.